The molecule has 1 saturated heterocycles. The number of aromatic nitrogens is 3. The molecule has 0 spiro atoms. The molecule has 0 N–H and O–H groups in total. The number of likely N-dealkylation sites (tertiary alicyclic amines) is 1. The van der Waals surface area contributed by atoms with Crippen molar-refractivity contribution in [2.24, 2.45) is 0 Å². The molecule has 166 valence electrons. The molecule has 0 radical (unpaired) electrons. The summed E-state index contributed by atoms with van der Waals surface area (Å²) in [7, 11) is 0. The highest BCUT2D eigenvalue weighted by molar-refractivity contribution is 5.94. The summed E-state index contributed by atoms with van der Waals surface area (Å²) in [6, 6.07) is 11.6. The van der Waals surface area contributed by atoms with Crippen LogP contribution in [0.4, 0.5) is 0 Å². The van der Waals surface area contributed by atoms with Crippen molar-refractivity contribution in [3.05, 3.63) is 94.5 Å². The van der Waals surface area contributed by atoms with Crippen LogP contribution in [0, 0.1) is 19.1 Å². The molecule has 32 heavy (non-hydrogen) atoms. The second kappa shape index (κ2) is 9.87. The summed E-state index contributed by atoms with van der Waals surface area (Å²) in [5.74, 6) is -0.0169. The Morgan fingerprint density at radius 1 is 1.00 bits per heavy atom. The number of carbonyl (C=O) groups excluding carboxylic acids is 1. The molecule has 0 bridgehead atoms. The Bertz CT molecular complexity index is 1010. The van der Waals surface area contributed by atoms with Crippen molar-refractivity contribution in [3.8, 4) is 0 Å². The van der Waals surface area contributed by atoms with Gasteiger partial charge in [0.2, 0.25) is 0 Å². The van der Waals surface area contributed by atoms with Gasteiger partial charge in [0.25, 0.3) is 5.91 Å². The number of carbonyl (C=O) groups is 1. The van der Waals surface area contributed by atoms with Crippen LogP contribution in [0.15, 0.2) is 61.2 Å². The molecule has 4 heterocycles. The number of pyridine rings is 3. The van der Waals surface area contributed by atoms with Gasteiger partial charge in [-0.25, -0.2) is 0 Å². The molecule has 1 fully saturated rings. The summed E-state index contributed by atoms with van der Waals surface area (Å²) >= 11 is 0. The Morgan fingerprint density at radius 3 is 2.03 bits per heavy atom. The van der Waals surface area contributed by atoms with Gasteiger partial charge in [0.15, 0.2) is 12.4 Å². The first-order valence-electron chi connectivity index (χ1n) is 11.0. The highest BCUT2D eigenvalue weighted by atomic mass is 16.5. The zero-order chi connectivity index (χ0) is 22.5. The molecule has 0 unspecified atom stereocenters. The predicted octanol–water partition coefficient (Wildman–Crippen LogP) is 3.03. The molecule has 1 aliphatic rings. The van der Waals surface area contributed by atoms with Gasteiger partial charge in [-0.2, -0.15) is 4.73 Å². The minimum atomic E-state index is -0.0169. The van der Waals surface area contributed by atoms with Gasteiger partial charge in [0.1, 0.15) is 0 Å². The van der Waals surface area contributed by atoms with E-state index in [-0.39, 0.29) is 5.91 Å². The minimum absolute atomic E-state index is 0.0169. The monoisotopic (exact) mass is 431 g/mol. The Hall–Kier alpha value is -3.32. The van der Waals surface area contributed by atoms with Crippen LogP contribution in [-0.4, -0.2) is 44.8 Å². The van der Waals surface area contributed by atoms with E-state index in [0.717, 1.165) is 37.3 Å². The maximum atomic E-state index is 12.8. The van der Waals surface area contributed by atoms with Gasteiger partial charge in [-0.05, 0) is 49.9 Å². The summed E-state index contributed by atoms with van der Waals surface area (Å²) in [5, 5.41) is 11.3. The smallest absolute Gasteiger partial charge is 0.254 e. The van der Waals surface area contributed by atoms with E-state index in [1.54, 1.807) is 12.1 Å². The van der Waals surface area contributed by atoms with E-state index < -0.39 is 0 Å². The molecule has 7 nitrogen and oxygen atoms in total. The van der Waals surface area contributed by atoms with Gasteiger partial charge >= 0.3 is 0 Å². The molecular formula is C25H29N5O2. The zero-order valence-corrected chi connectivity index (χ0v) is 18.6. The Balaban J connectivity index is 1.48. The fraction of sp³-hybridized carbons (Fsp3) is 0.360. The topological polar surface area (TPSA) is 76.3 Å². The molecule has 1 aliphatic heterocycles. The molecule has 0 atom stereocenters. The lowest BCUT2D eigenvalue weighted by Crippen LogP contribution is -2.46. The standard InChI is InChI=1S/C25H29N5O2/c1-19-5-3-11-26-23(19)17-29(18-24-20(2)6-4-12-27-24)22-9-13-28(14-10-22)25(31)21-7-15-30(32)16-8-21/h3-8,11-12,15-16,22H,9-10,13-14,17-18H2,1-2H3. The third-order valence-corrected chi connectivity index (χ3v) is 6.26. The van der Waals surface area contributed by atoms with Crippen LogP contribution in [0.3, 0.4) is 0 Å². The molecule has 7 heteroatoms. The second-order valence-corrected chi connectivity index (χ2v) is 8.41. The molecule has 3 aromatic rings. The van der Waals surface area contributed by atoms with Gasteiger partial charge < -0.3 is 10.1 Å². The Kier molecular flexibility index (Phi) is 6.75. The molecule has 0 aliphatic carbocycles. The molecule has 3 aromatic heterocycles. The SMILES string of the molecule is Cc1cccnc1CN(Cc1ncccc1C)C1CCN(C(=O)c2cc[n+]([O-])cc2)CC1. The van der Waals surface area contributed by atoms with Crippen LogP contribution < -0.4 is 4.73 Å². The first-order valence-corrected chi connectivity index (χ1v) is 11.0. The summed E-state index contributed by atoms with van der Waals surface area (Å²) < 4.78 is 0.695. The van der Waals surface area contributed by atoms with Crippen LogP contribution in [0.1, 0.15) is 45.7 Å². The maximum Gasteiger partial charge on any atom is 0.254 e. The van der Waals surface area contributed by atoms with Crippen LogP contribution in [0.2, 0.25) is 0 Å². The molecule has 0 aromatic carbocycles. The first-order chi connectivity index (χ1) is 15.5. The summed E-state index contributed by atoms with van der Waals surface area (Å²) in [6.07, 6.45) is 8.20. The van der Waals surface area contributed by atoms with Crippen molar-refractivity contribution in [2.45, 2.75) is 45.8 Å². The average Bonchev–Trinajstić information content (AvgIpc) is 2.81. The number of rotatable bonds is 6. The Labute approximate surface area is 188 Å². The Morgan fingerprint density at radius 2 is 1.53 bits per heavy atom. The number of hydrogen-bond donors (Lipinski definition) is 0. The number of hydrogen-bond acceptors (Lipinski definition) is 5. The van der Waals surface area contributed by atoms with Crippen molar-refractivity contribution in [1.82, 2.24) is 19.8 Å². The van der Waals surface area contributed by atoms with Crippen molar-refractivity contribution in [1.29, 1.82) is 0 Å². The van der Waals surface area contributed by atoms with Gasteiger partial charge in [0, 0.05) is 56.7 Å². The van der Waals surface area contributed by atoms with E-state index >= 15 is 0 Å². The second-order valence-electron chi connectivity index (χ2n) is 8.41. The van der Waals surface area contributed by atoms with Crippen LogP contribution >= 0.6 is 0 Å². The van der Waals surface area contributed by atoms with Crippen molar-refractivity contribution in [3.63, 3.8) is 0 Å². The quantitative estimate of drug-likeness (QED) is 0.443. The zero-order valence-electron chi connectivity index (χ0n) is 18.6. The third kappa shape index (κ3) is 5.11. The summed E-state index contributed by atoms with van der Waals surface area (Å²) in [4.78, 5) is 26.4. The summed E-state index contributed by atoms with van der Waals surface area (Å²) in [5.41, 5.74) is 5.08. The first kappa shape index (κ1) is 21.9. The van der Waals surface area contributed by atoms with E-state index in [1.165, 1.54) is 23.5 Å². The fourth-order valence-electron chi connectivity index (χ4n) is 4.24. The lowest BCUT2D eigenvalue weighted by molar-refractivity contribution is -0.605. The molecular weight excluding hydrogens is 402 g/mol. The van der Waals surface area contributed by atoms with Gasteiger partial charge in [-0.15, -0.1) is 0 Å². The van der Waals surface area contributed by atoms with Gasteiger partial charge in [-0.1, -0.05) is 12.1 Å². The van der Waals surface area contributed by atoms with Gasteiger partial charge in [0.05, 0.1) is 17.0 Å². The van der Waals surface area contributed by atoms with E-state index in [1.807, 2.05) is 29.4 Å². The average molecular weight is 432 g/mol. The van der Waals surface area contributed by atoms with E-state index in [2.05, 4.69) is 40.8 Å². The normalized spacial score (nSPS) is 14.7. The van der Waals surface area contributed by atoms with Crippen LogP contribution in [-0.2, 0) is 13.1 Å². The van der Waals surface area contributed by atoms with Crippen molar-refractivity contribution in [2.75, 3.05) is 13.1 Å². The third-order valence-electron chi connectivity index (χ3n) is 6.26. The molecule has 0 saturated carbocycles. The van der Waals surface area contributed by atoms with Crippen molar-refractivity contribution >= 4 is 5.91 Å². The van der Waals surface area contributed by atoms with E-state index in [4.69, 9.17) is 0 Å². The fourth-order valence-corrected chi connectivity index (χ4v) is 4.24. The highest BCUT2D eigenvalue weighted by Crippen LogP contribution is 2.23. The van der Waals surface area contributed by atoms with Gasteiger partial charge in [-0.3, -0.25) is 19.7 Å². The number of amides is 1. The van der Waals surface area contributed by atoms with Crippen molar-refractivity contribution < 1.29 is 9.52 Å². The van der Waals surface area contributed by atoms with E-state index in [0.29, 0.717) is 29.4 Å². The number of aryl methyl sites for hydroxylation is 2. The van der Waals surface area contributed by atoms with Crippen LogP contribution in [0.25, 0.3) is 0 Å². The van der Waals surface area contributed by atoms with E-state index in [9.17, 15) is 10.0 Å². The number of nitrogens with zero attached hydrogens (tertiary/aromatic N) is 5. The number of piperidine rings is 1. The minimum Gasteiger partial charge on any atom is -0.619 e. The van der Waals surface area contributed by atoms with Crippen LogP contribution in [0.5, 0.6) is 0 Å². The summed E-state index contributed by atoms with van der Waals surface area (Å²) in [6.45, 7) is 7.08. The largest absolute Gasteiger partial charge is 0.619 e. The molecule has 1 amide bonds. The lowest BCUT2D eigenvalue weighted by atomic mass is 10.0. The molecule has 4 rings (SSSR count). The lowest BCUT2D eigenvalue weighted by Gasteiger charge is -2.38. The highest BCUT2D eigenvalue weighted by Gasteiger charge is 2.28. The maximum absolute atomic E-state index is 12.8. The predicted molar refractivity (Wildman–Crippen MR) is 122 cm³/mol.